The minimum atomic E-state index is -3.32. The molecule has 0 heterocycles. The first-order chi connectivity index (χ1) is 17.4. The van der Waals surface area contributed by atoms with E-state index in [0.29, 0.717) is 59.5 Å². The lowest BCUT2D eigenvalue weighted by atomic mass is 10.3. The molecule has 36 heavy (non-hydrogen) atoms. The second-order valence-electron chi connectivity index (χ2n) is 7.36. The highest BCUT2D eigenvalue weighted by atomic mass is 28.4. The molecule has 0 aromatic heterocycles. The van der Waals surface area contributed by atoms with Crippen LogP contribution >= 0.6 is 0 Å². The minimum absolute atomic E-state index is 0.432. The molecule has 9 nitrogen and oxygen atoms in total. The summed E-state index contributed by atoms with van der Waals surface area (Å²) in [6, 6.07) is 5.98. The monoisotopic (exact) mass is 564 g/mol. The van der Waals surface area contributed by atoms with E-state index in [0.717, 1.165) is 15.6 Å². The molecule has 0 amide bonds. The molecule has 0 unspecified atom stereocenters. The molecule has 0 saturated carbocycles. The topological polar surface area (TPSA) is 83.1 Å². The van der Waals surface area contributed by atoms with Crippen molar-refractivity contribution in [2.75, 3.05) is 59.5 Å². The van der Waals surface area contributed by atoms with Crippen molar-refractivity contribution in [1.82, 2.24) is 0 Å². The smallest absolute Gasteiger partial charge is 0.370 e. The Balaban J connectivity index is 4.12. The highest BCUT2D eigenvalue weighted by molar-refractivity contribution is 6.82. The Bertz CT molecular complexity index is 580. The van der Waals surface area contributed by atoms with Crippen molar-refractivity contribution in [3.63, 3.8) is 0 Å². The Hall–Kier alpha value is -0.489. The third-order valence-electron chi connectivity index (χ3n) is 5.00. The van der Waals surface area contributed by atoms with E-state index in [1.165, 1.54) is 0 Å². The van der Waals surface area contributed by atoms with Gasteiger partial charge in [-0.2, -0.15) is 0 Å². The SMILES string of the molecule is CCO[Si](OCC)(OCC)c1cc([Si](OCC)(OCC)OCC)cc([Si](OCC)(OCC)OCC)c1. The molecule has 0 aliphatic heterocycles. The van der Waals surface area contributed by atoms with E-state index in [1.54, 1.807) is 0 Å². The Morgan fingerprint density at radius 3 is 0.583 bits per heavy atom. The molecule has 0 bridgehead atoms. The summed E-state index contributed by atoms with van der Waals surface area (Å²) in [5, 5.41) is 2.31. The zero-order valence-electron chi connectivity index (χ0n) is 23.8. The highest BCUT2D eigenvalue weighted by Crippen LogP contribution is 2.17. The fraction of sp³-hybridized carbons (Fsp3) is 0.750. The van der Waals surface area contributed by atoms with Gasteiger partial charge < -0.3 is 39.8 Å². The van der Waals surface area contributed by atoms with Crippen LogP contribution in [0.3, 0.4) is 0 Å². The van der Waals surface area contributed by atoms with E-state index in [9.17, 15) is 0 Å². The zero-order chi connectivity index (χ0) is 27.1. The van der Waals surface area contributed by atoms with E-state index in [-0.39, 0.29) is 0 Å². The predicted octanol–water partition coefficient (Wildman–Crippen LogP) is 2.45. The first kappa shape index (κ1) is 33.5. The molecule has 210 valence electrons. The van der Waals surface area contributed by atoms with Crippen LogP contribution in [0, 0.1) is 0 Å². The molecule has 0 radical (unpaired) electrons. The summed E-state index contributed by atoms with van der Waals surface area (Å²) >= 11 is 0. The van der Waals surface area contributed by atoms with Crippen LogP contribution in [0.5, 0.6) is 0 Å². The Morgan fingerprint density at radius 2 is 0.472 bits per heavy atom. The third-order valence-corrected chi connectivity index (χ3v) is 14.0. The molecule has 0 fully saturated rings. The maximum absolute atomic E-state index is 6.27. The van der Waals surface area contributed by atoms with Crippen LogP contribution in [0.2, 0.25) is 0 Å². The quantitative estimate of drug-likeness (QED) is 0.209. The summed E-state index contributed by atoms with van der Waals surface area (Å²) in [6.45, 7) is 21.3. The number of hydrogen-bond acceptors (Lipinski definition) is 9. The fourth-order valence-electron chi connectivity index (χ4n) is 3.99. The first-order valence-electron chi connectivity index (χ1n) is 13.3. The molecule has 1 aromatic rings. The maximum atomic E-state index is 6.27. The predicted molar refractivity (Wildman–Crippen MR) is 147 cm³/mol. The van der Waals surface area contributed by atoms with Gasteiger partial charge in [0.15, 0.2) is 0 Å². The van der Waals surface area contributed by atoms with E-state index in [4.69, 9.17) is 39.8 Å². The van der Waals surface area contributed by atoms with Crippen LogP contribution in [-0.4, -0.2) is 85.9 Å². The van der Waals surface area contributed by atoms with E-state index in [1.807, 2.05) is 80.5 Å². The second kappa shape index (κ2) is 17.2. The molecule has 0 saturated heterocycles. The van der Waals surface area contributed by atoms with Crippen molar-refractivity contribution < 1.29 is 39.8 Å². The normalized spacial score (nSPS) is 12.9. The molecule has 0 aliphatic rings. The number of rotatable bonds is 21. The Labute approximate surface area is 221 Å². The van der Waals surface area contributed by atoms with Gasteiger partial charge >= 0.3 is 26.4 Å². The molecule has 0 spiro atoms. The summed E-state index contributed by atoms with van der Waals surface area (Å²) in [4.78, 5) is 0. The van der Waals surface area contributed by atoms with Gasteiger partial charge in [-0.1, -0.05) is 0 Å². The molecular weight excluding hydrogens is 517 g/mol. The third kappa shape index (κ3) is 8.25. The van der Waals surface area contributed by atoms with E-state index < -0.39 is 26.4 Å². The van der Waals surface area contributed by atoms with Crippen molar-refractivity contribution in [2.45, 2.75) is 62.3 Å². The van der Waals surface area contributed by atoms with Gasteiger partial charge in [-0.15, -0.1) is 0 Å². The van der Waals surface area contributed by atoms with Crippen molar-refractivity contribution in [3.05, 3.63) is 18.2 Å². The molecule has 1 rings (SSSR count). The first-order valence-corrected chi connectivity index (χ1v) is 18.5. The average molecular weight is 565 g/mol. The van der Waals surface area contributed by atoms with E-state index >= 15 is 0 Å². The summed E-state index contributed by atoms with van der Waals surface area (Å²) in [7, 11) is -9.96. The maximum Gasteiger partial charge on any atom is 0.537 e. The molecule has 0 atom stereocenters. The highest BCUT2D eigenvalue weighted by Gasteiger charge is 2.52. The number of benzene rings is 1. The van der Waals surface area contributed by atoms with Crippen LogP contribution < -0.4 is 15.6 Å². The van der Waals surface area contributed by atoms with Gasteiger partial charge in [0.1, 0.15) is 0 Å². The van der Waals surface area contributed by atoms with Crippen molar-refractivity contribution in [2.24, 2.45) is 0 Å². The fourth-order valence-corrected chi connectivity index (χ4v) is 12.1. The Kier molecular flexibility index (Phi) is 16.0. The second-order valence-corrected chi connectivity index (χ2v) is 15.0. The van der Waals surface area contributed by atoms with Gasteiger partial charge in [-0.25, -0.2) is 0 Å². The minimum Gasteiger partial charge on any atom is -0.370 e. The van der Waals surface area contributed by atoms with Crippen LogP contribution in [0.15, 0.2) is 18.2 Å². The van der Waals surface area contributed by atoms with Crippen LogP contribution in [0.25, 0.3) is 0 Å². The van der Waals surface area contributed by atoms with Gasteiger partial charge in [0.05, 0.1) is 0 Å². The summed E-state index contributed by atoms with van der Waals surface area (Å²) < 4.78 is 56.4. The van der Waals surface area contributed by atoms with Crippen LogP contribution in [0.4, 0.5) is 0 Å². The largest absolute Gasteiger partial charge is 0.537 e. The molecule has 12 heteroatoms. The lowest BCUT2D eigenvalue weighted by molar-refractivity contribution is 0.0848. The van der Waals surface area contributed by atoms with Crippen molar-refractivity contribution >= 4 is 42.0 Å². The van der Waals surface area contributed by atoms with Crippen LogP contribution in [0.1, 0.15) is 62.3 Å². The van der Waals surface area contributed by atoms with E-state index in [2.05, 4.69) is 0 Å². The van der Waals surface area contributed by atoms with Crippen molar-refractivity contribution in [3.8, 4) is 0 Å². The van der Waals surface area contributed by atoms with Crippen LogP contribution in [-0.2, 0) is 39.8 Å². The van der Waals surface area contributed by atoms with Gasteiger partial charge in [0.2, 0.25) is 0 Å². The molecule has 0 N–H and O–H groups in total. The van der Waals surface area contributed by atoms with Crippen molar-refractivity contribution in [1.29, 1.82) is 0 Å². The summed E-state index contributed by atoms with van der Waals surface area (Å²) in [5.41, 5.74) is 0. The molecule has 1 aromatic carbocycles. The average Bonchev–Trinajstić information content (AvgIpc) is 2.85. The van der Waals surface area contributed by atoms with Gasteiger partial charge in [-0.3, -0.25) is 0 Å². The molecule has 0 aliphatic carbocycles. The molecular formula is C24H48O9Si3. The lowest BCUT2D eigenvalue weighted by Gasteiger charge is -2.34. The summed E-state index contributed by atoms with van der Waals surface area (Å²) in [6.07, 6.45) is 0. The van der Waals surface area contributed by atoms with Gasteiger partial charge in [0.25, 0.3) is 0 Å². The standard InChI is InChI=1S/C24H48O9Si3/c1-10-25-34(26-11-2,27-12-3)22-19-23(35(28-13-4,29-14-5)30-15-6)21-24(20-22)36(31-16-7,32-17-8)33-18-9/h19-21H,10-18H2,1-9H3. The zero-order valence-corrected chi connectivity index (χ0v) is 26.8. The number of hydrogen-bond donors (Lipinski definition) is 0. The van der Waals surface area contributed by atoms with Gasteiger partial charge in [-0.05, 0) is 80.5 Å². The lowest BCUT2D eigenvalue weighted by Crippen LogP contribution is -2.66. The Morgan fingerprint density at radius 1 is 0.333 bits per heavy atom. The van der Waals surface area contributed by atoms with Gasteiger partial charge in [0, 0.05) is 75.0 Å². The summed E-state index contributed by atoms with van der Waals surface area (Å²) in [5.74, 6) is 0.